The number of halogens is 2. The highest BCUT2D eigenvalue weighted by atomic mass is 35.5. The molecule has 0 spiro atoms. The zero-order chi connectivity index (χ0) is 16.8. The normalized spacial score (nSPS) is 11.8. The van der Waals surface area contributed by atoms with E-state index in [1.165, 1.54) is 0 Å². The molecule has 1 atom stereocenters. The van der Waals surface area contributed by atoms with Gasteiger partial charge in [-0.15, -0.1) is 11.8 Å². The third-order valence-corrected chi connectivity index (χ3v) is 4.90. The lowest BCUT2D eigenvalue weighted by Gasteiger charge is -2.14. The van der Waals surface area contributed by atoms with E-state index >= 15 is 0 Å². The SMILES string of the molecule is COc1ccc(Cl)cc1NC(=O)[C@H](C)SCc1ccc(Cl)cc1. The number of thioether (sulfide) groups is 1. The van der Waals surface area contributed by atoms with Gasteiger partial charge in [-0.1, -0.05) is 35.3 Å². The minimum atomic E-state index is -0.214. The molecule has 2 aromatic carbocycles. The number of hydrogen-bond donors (Lipinski definition) is 1. The van der Waals surface area contributed by atoms with Crippen molar-refractivity contribution < 1.29 is 9.53 Å². The molecule has 1 amide bonds. The quantitative estimate of drug-likeness (QED) is 0.754. The van der Waals surface area contributed by atoms with Crippen LogP contribution in [-0.4, -0.2) is 18.3 Å². The highest BCUT2D eigenvalue weighted by Gasteiger charge is 2.16. The summed E-state index contributed by atoms with van der Waals surface area (Å²) in [7, 11) is 1.55. The first kappa shape index (κ1) is 18.0. The zero-order valence-electron chi connectivity index (χ0n) is 12.8. The van der Waals surface area contributed by atoms with Gasteiger partial charge >= 0.3 is 0 Å². The van der Waals surface area contributed by atoms with Crippen molar-refractivity contribution in [1.29, 1.82) is 0 Å². The number of hydrogen-bond acceptors (Lipinski definition) is 3. The molecule has 0 unspecified atom stereocenters. The van der Waals surface area contributed by atoms with E-state index in [2.05, 4.69) is 5.32 Å². The monoisotopic (exact) mass is 369 g/mol. The second-order valence-corrected chi connectivity index (χ2v) is 7.12. The van der Waals surface area contributed by atoms with Gasteiger partial charge in [0.2, 0.25) is 5.91 Å². The lowest BCUT2D eigenvalue weighted by Crippen LogP contribution is -2.22. The second kappa shape index (κ2) is 8.48. The first-order valence-electron chi connectivity index (χ1n) is 7.00. The standard InChI is InChI=1S/C17H17Cl2NO2S/c1-11(23-10-12-3-5-13(18)6-4-12)17(21)20-15-9-14(19)7-8-16(15)22-2/h3-9,11H,10H2,1-2H3,(H,20,21)/t11-/m0/s1. The van der Waals surface area contributed by atoms with Crippen molar-refractivity contribution >= 4 is 46.6 Å². The minimum Gasteiger partial charge on any atom is -0.495 e. The molecule has 0 saturated heterocycles. The van der Waals surface area contributed by atoms with E-state index < -0.39 is 0 Å². The molecule has 0 heterocycles. The Morgan fingerprint density at radius 1 is 1.17 bits per heavy atom. The largest absolute Gasteiger partial charge is 0.495 e. The van der Waals surface area contributed by atoms with Crippen LogP contribution in [0.1, 0.15) is 12.5 Å². The molecule has 122 valence electrons. The van der Waals surface area contributed by atoms with Crippen LogP contribution in [0.4, 0.5) is 5.69 Å². The van der Waals surface area contributed by atoms with Crippen LogP contribution >= 0.6 is 35.0 Å². The maximum Gasteiger partial charge on any atom is 0.237 e. The number of benzene rings is 2. The van der Waals surface area contributed by atoms with Crippen LogP contribution in [0, 0.1) is 0 Å². The van der Waals surface area contributed by atoms with E-state index in [-0.39, 0.29) is 11.2 Å². The van der Waals surface area contributed by atoms with Gasteiger partial charge in [0.15, 0.2) is 0 Å². The zero-order valence-corrected chi connectivity index (χ0v) is 15.1. The number of methoxy groups -OCH3 is 1. The predicted molar refractivity (Wildman–Crippen MR) is 98.8 cm³/mol. The van der Waals surface area contributed by atoms with E-state index in [1.54, 1.807) is 37.1 Å². The Kier molecular flexibility index (Phi) is 6.63. The number of carbonyl (C=O) groups excluding carboxylic acids is 1. The van der Waals surface area contributed by atoms with E-state index in [0.717, 1.165) is 11.3 Å². The molecule has 0 radical (unpaired) electrons. The predicted octanol–water partition coefficient (Wildman–Crippen LogP) is 5.26. The molecule has 3 nitrogen and oxygen atoms in total. The Labute approximate surface area is 150 Å². The first-order valence-corrected chi connectivity index (χ1v) is 8.80. The van der Waals surface area contributed by atoms with Gasteiger partial charge in [0.1, 0.15) is 5.75 Å². The Morgan fingerprint density at radius 2 is 1.83 bits per heavy atom. The van der Waals surface area contributed by atoms with Crippen molar-refractivity contribution in [3.8, 4) is 5.75 Å². The van der Waals surface area contributed by atoms with Gasteiger partial charge in [-0.2, -0.15) is 0 Å². The third-order valence-electron chi connectivity index (χ3n) is 3.20. The van der Waals surface area contributed by atoms with Crippen molar-refractivity contribution in [1.82, 2.24) is 0 Å². The van der Waals surface area contributed by atoms with Crippen LogP contribution in [0.3, 0.4) is 0 Å². The molecule has 2 rings (SSSR count). The van der Waals surface area contributed by atoms with Gasteiger partial charge in [-0.05, 0) is 42.8 Å². The van der Waals surface area contributed by atoms with Gasteiger partial charge in [-0.3, -0.25) is 4.79 Å². The number of carbonyl (C=O) groups is 1. The third kappa shape index (κ3) is 5.34. The summed E-state index contributed by atoms with van der Waals surface area (Å²) in [6.07, 6.45) is 0. The molecular weight excluding hydrogens is 353 g/mol. The first-order chi connectivity index (χ1) is 11.0. The van der Waals surface area contributed by atoms with Gasteiger partial charge in [0.05, 0.1) is 18.0 Å². The molecule has 0 aliphatic heterocycles. The number of ether oxygens (including phenoxy) is 1. The van der Waals surface area contributed by atoms with Crippen LogP contribution in [0.25, 0.3) is 0 Å². The van der Waals surface area contributed by atoms with E-state index in [1.807, 2.05) is 31.2 Å². The molecule has 0 aliphatic rings. The molecule has 0 fully saturated rings. The maximum atomic E-state index is 12.3. The van der Waals surface area contributed by atoms with E-state index in [9.17, 15) is 4.79 Å². The number of anilines is 1. The molecule has 0 saturated carbocycles. The average Bonchev–Trinajstić information content (AvgIpc) is 2.54. The second-order valence-electron chi connectivity index (χ2n) is 4.91. The summed E-state index contributed by atoms with van der Waals surface area (Å²) >= 11 is 13.4. The lowest BCUT2D eigenvalue weighted by molar-refractivity contribution is -0.115. The molecule has 0 bridgehead atoms. The summed E-state index contributed by atoms with van der Waals surface area (Å²) in [5.74, 6) is 1.22. The summed E-state index contributed by atoms with van der Waals surface area (Å²) in [6, 6.07) is 12.7. The highest BCUT2D eigenvalue weighted by Crippen LogP contribution is 2.29. The topological polar surface area (TPSA) is 38.3 Å². The molecule has 1 N–H and O–H groups in total. The number of rotatable bonds is 6. The van der Waals surface area contributed by atoms with Crippen LogP contribution in [0.15, 0.2) is 42.5 Å². The van der Waals surface area contributed by atoms with Crippen molar-refractivity contribution in [2.24, 2.45) is 0 Å². The Bertz CT molecular complexity index is 677. The minimum absolute atomic E-state index is 0.0930. The molecule has 0 aromatic heterocycles. The molecular formula is C17H17Cl2NO2S. The molecule has 0 aliphatic carbocycles. The fraction of sp³-hybridized carbons (Fsp3) is 0.235. The fourth-order valence-corrected chi connectivity index (χ4v) is 3.03. The van der Waals surface area contributed by atoms with E-state index in [0.29, 0.717) is 21.5 Å². The summed E-state index contributed by atoms with van der Waals surface area (Å²) in [5, 5.41) is 3.89. The Morgan fingerprint density at radius 3 is 2.48 bits per heavy atom. The summed E-state index contributed by atoms with van der Waals surface area (Å²) in [4.78, 5) is 12.3. The number of nitrogens with one attached hydrogen (secondary N) is 1. The van der Waals surface area contributed by atoms with Crippen molar-refractivity contribution in [2.45, 2.75) is 17.9 Å². The van der Waals surface area contributed by atoms with Crippen LogP contribution in [0.5, 0.6) is 5.75 Å². The molecule has 2 aromatic rings. The summed E-state index contributed by atoms with van der Waals surface area (Å²) in [5.41, 5.74) is 1.70. The number of amides is 1. The van der Waals surface area contributed by atoms with Gasteiger partial charge in [-0.25, -0.2) is 0 Å². The average molecular weight is 370 g/mol. The van der Waals surface area contributed by atoms with Crippen LogP contribution in [-0.2, 0) is 10.5 Å². The Balaban J connectivity index is 1.94. The van der Waals surface area contributed by atoms with Crippen molar-refractivity contribution in [3.05, 3.63) is 58.1 Å². The van der Waals surface area contributed by atoms with Crippen molar-refractivity contribution in [3.63, 3.8) is 0 Å². The highest BCUT2D eigenvalue weighted by molar-refractivity contribution is 7.99. The van der Waals surface area contributed by atoms with Crippen LogP contribution in [0.2, 0.25) is 10.0 Å². The Hall–Kier alpha value is -1.36. The molecule has 6 heteroatoms. The van der Waals surface area contributed by atoms with E-state index in [4.69, 9.17) is 27.9 Å². The summed E-state index contributed by atoms with van der Waals surface area (Å²) < 4.78 is 5.23. The smallest absolute Gasteiger partial charge is 0.237 e. The maximum absolute atomic E-state index is 12.3. The molecule has 23 heavy (non-hydrogen) atoms. The van der Waals surface area contributed by atoms with Gasteiger partial charge in [0, 0.05) is 15.8 Å². The van der Waals surface area contributed by atoms with Crippen LogP contribution < -0.4 is 10.1 Å². The summed E-state index contributed by atoms with van der Waals surface area (Å²) in [6.45, 7) is 1.87. The fourth-order valence-electron chi connectivity index (χ4n) is 1.89. The van der Waals surface area contributed by atoms with Crippen molar-refractivity contribution in [2.75, 3.05) is 12.4 Å². The van der Waals surface area contributed by atoms with Gasteiger partial charge < -0.3 is 10.1 Å². The van der Waals surface area contributed by atoms with Gasteiger partial charge in [0.25, 0.3) is 0 Å². The lowest BCUT2D eigenvalue weighted by atomic mass is 10.2.